The van der Waals surface area contributed by atoms with E-state index in [0.29, 0.717) is 5.92 Å². The summed E-state index contributed by atoms with van der Waals surface area (Å²) in [5.41, 5.74) is 1.07. The van der Waals surface area contributed by atoms with Crippen molar-refractivity contribution in [3.63, 3.8) is 0 Å². The molecule has 2 rings (SSSR count). The topological polar surface area (TPSA) is 32.3 Å². The third-order valence-corrected chi connectivity index (χ3v) is 3.52. The van der Waals surface area contributed by atoms with Crippen molar-refractivity contribution in [2.24, 2.45) is 5.92 Å². The van der Waals surface area contributed by atoms with Gasteiger partial charge in [0, 0.05) is 6.54 Å². The molecule has 1 aromatic carbocycles. The van der Waals surface area contributed by atoms with Crippen LogP contribution in [-0.4, -0.2) is 23.5 Å². The van der Waals surface area contributed by atoms with Gasteiger partial charge >= 0.3 is 0 Å². The van der Waals surface area contributed by atoms with E-state index in [1.807, 2.05) is 35.2 Å². The predicted molar refractivity (Wildman–Crippen MR) is 77.6 cm³/mol. The van der Waals surface area contributed by atoms with Crippen LogP contribution in [0.5, 0.6) is 0 Å². The summed E-state index contributed by atoms with van der Waals surface area (Å²) in [4.78, 5) is 14.6. The fourth-order valence-corrected chi connectivity index (χ4v) is 2.68. The molecule has 1 saturated heterocycles. The molecule has 1 aliphatic heterocycles. The second-order valence-electron chi connectivity index (χ2n) is 5.70. The molecule has 2 unspecified atom stereocenters. The molecule has 1 N–H and O–H groups in total. The minimum atomic E-state index is -0.170. The summed E-state index contributed by atoms with van der Waals surface area (Å²) < 4.78 is 0. The van der Waals surface area contributed by atoms with E-state index in [-0.39, 0.29) is 18.1 Å². The molecule has 0 radical (unpaired) electrons. The number of hydrogen-bond acceptors (Lipinski definition) is 2. The lowest BCUT2D eigenvalue weighted by molar-refractivity contribution is -0.130. The first kappa shape index (κ1) is 14.1. The highest BCUT2D eigenvalue weighted by atomic mass is 16.2. The number of carbonyl (C=O) groups excluding carboxylic acids is 1. The van der Waals surface area contributed by atoms with Gasteiger partial charge < -0.3 is 4.90 Å². The van der Waals surface area contributed by atoms with Gasteiger partial charge in [0.2, 0.25) is 5.91 Å². The summed E-state index contributed by atoms with van der Waals surface area (Å²) in [7, 11) is 0. The predicted octanol–water partition coefficient (Wildman–Crippen LogP) is 2.94. The molecular weight excluding hydrogens is 236 g/mol. The molecule has 0 aliphatic carbocycles. The van der Waals surface area contributed by atoms with Crippen molar-refractivity contribution in [2.45, 2.75) is 45.8 Å². The summed E-state index contributed by atoms with van der Waals surface area (Å²) >= 11 is 0. The van der Waals surface area contributed by atoms with E-state index in [1.165, 1.54) is 0 Å². The molecule has 0 saturated carbocycles. The Morgan fingerprint density at radius 1 is 1.26 bits per heavy atom. The van der Waals surface area contributed by atoms with E-state index in [9.17, 15) is 4.79 Å². The summed E-state index contributed by atoms with van der Waals surface area (Å²) in [6, 6.07) is 9.85. The van der Waals surface area contributed by atoms with Crippen LogP contribution in [0, 0.1) is 5.92 Å². The number of nitrogens with zero attached hydrogens (tertiary/aromatic N) is 1. The van der Waals surface area contributed by atoms with Gasteiger partial charge in [-0.3, -0.25) is 10.1 Å². The van der Waals surface area contributed by atoms with Crippen LogP contribution in [0.25, 0.3) is 0 Å². The van der Waals surface area contributed by atoms with Crippen LogP contribution in [0.2, 0.25) is 0 Å². The number of rotatable bonds is 5. The van der Waals surface area contributed by atoms with E-state index in [0.717, 1.165) is 24.9 Å². The van der Waals surface area contributed by atoms with Crippen molar-refractivity contribution in [2.75, 3.05) is 6.54 Å². The highest BCUT2D eigenvalue weighted by Crippen LogP contribution is 2.26. The summed E-state index contributed by atoms with van der Waals surface area (Å²) in [5.74, 6) is 0.720. The van der Waals surface area contributed by atoms with Gasteiger partial charge in [0.1, 0.15) is 6.04 Å². The normalized spacial score (nSPS) is 23.4. The van der Waals surface area contributed by atoms with Crippen LogP contribution in [0.15, 0.2) is 30.3 Å². The van der Waals surface area contributed by atoms with E-state index in [2.05, 4.69) is 26.1 Å². The van der Waals surface area contributed by atoms with Crippen LogP contribution in [0.4, 0.5) is 0 Å². The number of nitrogens with one attached hydrogen (secondary N) is 1. The summed E-state index contributed by atoms with van der Waals surface area (Å²) in [6.45, 7) is 7.31. The maximum absolute atomic E-state index is 12.6. The van der Waals surface area contributed by atoms with Crippen LogP contribution in [0.3, 0.4) is 0 Å². The van der Waals surface area contributed by atoms with Gasteiger partial charge in [0.05, 0.1) is 6.17 Å². The number of benzene rings is 1. The third-order valence-electron chi connectivity index (χ3n) is 3.52. The zero-order chi connectivity index (χ0) is 13.8. The highest BCUT2D eigenvalue weighted by Gasteiger charge is 2.38. The Labute approximate surface area is 116 Å². The lowest BCUT2D eigenvalue weighted by Gasteiger charge is -2.25. The zero-order valence-corrected chi connectivity index (χ0v) is 12.1. The summed E-state index contributed by atoms with van der Waals surface area (Å²) in [6.07, 6.45) is 2.29. The molecule has 1 heterocycles. The van der Waals surface area contributed by atoms with Crippen molar-refractivity contribution < 1.29 is 4.79 Å². The monoisotopic (exact) mass is 260 g/mol. The molecule has 0 aromatic heterocycles. The van der Waals surface area contributed by atoms with Gasteiger partial charge in [-0.25, -0.2) is 0 Å². The number of hydrogen-bond donors (Lipinski definition) is 1. The van der Waals surface area contributed by atoms with Gasteiger partial charge in [-0.2, -0.15) is 0 Å². The molecule has 1 aliphatic rings. The van der Waals surface area contributed by atoms with Gasteiger partial charge in [0.25, 0.3) is 0 Å². The molecule has 0 spiro atoms. The molecule has 3 heteroatoms. The third kappa shape index (κ3) is 3.16. The Kier molecular flexibility index (Phi) is 4.59. The van der Waals surface area contributed by atoms with Gasteiger partial charge in [-0.15, -0.1) is 0 Å². The van der Waals surface area contributed by atoms with E-state index >= 15 is 0 Å². The van der Waals surface area contributed by atoms with Gasteiger partial charge in [-0.05, 0) is 17.9 Å². The molecule has 104 valence electrons. The van der Waals surface area contributed by atoms with E-state index < -0.39 is 0 Å². The maximum atomic E-state index is 12.6. The second kappa shape index (κ2) is 6.20. The van der Waals surface area contributed by atoms with Crippen molar-refractivity contribution in [3.8, 4) is 0 Å². The number of amides is 1. The lowest BCUT2D eigenvalue weighted by Crippen LogP contribution is -2.39. The minimum Gasteiger partial charge on any atom is -0.325 e. The largest absolute Gasteiger partial charge is 0.325 e. The van der Waals surface area contributed by atoms with Crippen LogP contribution >= 0.6 is 0 Å². The Bertz CT molecular complexity index is 416. The molecule has 0 bridgehead atoms. The SMILES string of the molecule is CCCC1NC(c2ccccc2)C(=O)N1CC(C)C. The fraction of sp³-hybridized carbons (Fsp3) is 0.562. The van der Waals surface area contributed by atoms with Crippen LogP contribution in [0.1, 0.15) is 45.2 Å². The number of carbonyl (C=O) groups is 1. The second-order valence-corrected chi connectivity index (χ2v) is 5.70. The van der Waals surface area contributed by atoms with Crippen molar-refractivity contribution in [3.05, 3.63) is 35.9 Å². The first-order chi connectivity index (χ1) is 9.13. The quantitative estimate of drug-likeness (QED) is 0.883. The van der Waals surface area contributed by atoms with Crippen LogP contribution in [-0.2, 0) is 4.79 Å². The van der Waals surface area contributed by atoms with E-state index in [1.54, 1.807) is 0 Å². The first-order valence-electron chi connectivity index (χ1n) is 7.25. The standard InChI is InChI=1S/C16H24N2O/c1-4-8-14-17-15(13-9-6-5-7-10-13)16(19)18(14)11-12(2)3/h5-7,9-10,12,14-15,17H,4,8,11H2,1-3H3. The highest BCUT2D eigenvalue weighted by molar-refractivity contribution is 5.85. The lowest BCUT2D eigenvalue weighted by atomic mass is 10.1. The Hall–Kier alpha value is -1.35. The zero-order valence-electron chi connectivity index (χ0n) is 12.1. The maximum Gasteiger partial charge on any atom is 0.245 e. The average Bonchev–Trinajstić information content (AvgIpc) is 2.69. The Balaban J connectivity index is 2.18. The minimum absolute atomic E-state index is 0.170. The van der Waals surface area contributed by atoms with Crippen molar-refractivity contribution >= 4 is 5.91 Å². The fourth-order valence-electron chi connectivity index (χ4n) is 2.68. The Morgan fingerprint density at radius 3 is 2.53 bits per heavy atom. The Morgan fingerprint density at radius 2 is 1.95 bits per heavy atom. The molecule has 3 nitrogen and oxygen atoms in total. The molecule has 19 heavy (non-hydrogen) atoms. The van der Waals surface area contributed by atoms with Gasteiger partial charge in [0.15, 0.2) is 0 Å². The first-order valence-corrected chi connectivity index (χ1v) is 7.25. The average molecular weight is 260 g/mol. The van der Waals surface area contributed by atoms with Gasteiger partial charge in [-0.1, -0.05) is 57.5 Å². The van der Waals surface area contributed by atoms with Crippen LogP contribution < -0.4 is 5.32 Å². The van der Waals surface area contributed by atoms with Crippen molar-refractivity contribution in [1.82, 2.24) is 10.2 Å². The molecule has 1 fully saturated rings. The molecular formula is C16H24N2O. The van der Waals surface area contributed by atoms with E-state index in [4.69, 9.17) is 0 Å². The van der Waals surface area contributed by atoms with Crippen molar-refractivity contribution in [1.29, 1.82) is 0 Å². The summed E-state index contributed by atoms with van der Waals surface area (Å²) in [5, 5.41) is 3.49. The molecule has 1 aromatic rings. The smallest absolute Gasteiger partial charge is 0.245 e. The molecule has 2 atom stereocenters. The molecule has 1 amide bonds.